The van der Waals surface area contributed by atoms with E-state index in [0.29, 0.717) is 11.9 Å². The van der Waals surface area contributed by atoms with Crippen LogP contribution in [0.5, 0.6) is 0 Å². The maximum absolute atomic E-state index is 11.3. The molecule has 0 bridgehead atoms. The van der Waals surface area contributed by atoms with E-state index in [2.05, 4.69) is 0 Å². The van der Waals surface area contributed by atoms with Crippen LogP contribution in [0.4, 0.5) is 0 Å². The van der Waals surface area contributed by atoms with Gasteiger partial charge in [0.25, 0.3) is 5.62 Å². The molecule has 0 aromatic heterocycles. The topological polar surface area (TPSA) is 63.2 Å². The van der Waals surface area contributed by atoms with Crippen molar-refractivity contribution in [3.05, 3.63) is 30.3 Å². The molecule has 4 nitrogen and oxygen atoms in total. The van der Waals surface area contributed by atoms with Crippen molar-refractivity contribution in [3.63, 3.8) is 0 Å². The lowest BCUT2D eigenvalue weighted by molar-refractivity contribution is 0.569. The number of nitrogens with one attached hydrogen (secondary N) is 1. The zero-order valence-corrected chi connectivity index (χ0v) is 8.06. The van der Waals surface area contributed by atoms with Gasteiger partial charge in [-0.15, -0.1) is 4.13 Å². The quantitative estimate of drug-likeness (QED) is 0.752. The highest BCUT2D eigenvalue weighted by Crippen LogP contribution is 2.08. The van der Waals surface area contributed by atoms with E-state index in [1.165, 1.54) is 17.8 Å². The van der Waals surface area contributed by atoms with Gasteiger partial charge in [-0.25, -0.2) is 8.42 Å². The van der Waals surface area contributed by atoms with Gasteiger partial charge in [-0.3, -0.25) is 4.79 Å². The number of rotatable bonds is 4. The van der Waals surface area contributed by atoms with Gasteiger partial charge in [-0.05, 0) is 12.1 Å². The van der Waals surface area contributed by atoms with Gasteiger partial charge in [0.1, 0.15) is 0 Å². The molecule has 0 aliphatic carbocycles. The summed E-state index contributed by atoms with van der Waals surface area (Å²) in [5, 5.41) is 0. The number of hydrogen-bond acceptors (Lipinski definition) is 4. The summed E-state index contributed by atoms with van der Waals surface area (Å²) in [5.41, 5.74) is 1.37. The fraction of sp³-hybridized carbons (Fsp3) is 0. The van der Waals surface area contributed by atoms with Gasteiger partial charge in [-0.1, -0.05) is 18.2 Å². The molecule has 1 radical (unpaired) electrons. The van der Waals surface area contributed by atoms with Gasteiger partial charge in [0, 0.05) is 11.9 Å². The second-order valence-corrected chi connectivity index (χ2v) is 4.60. The molecule has 0 unspecified atom stereocenters. The van der Waals surface area contributed by atoms with Gasteiger partial charge in [-0.2, -0.15) is 0 Å². The maximum Gasteiger partial charge on any atom is 0.283 e. The van der Waals surface area contributed by atoms with Gasteiger partial charge >= 0.3 is 0 Å². The molecule has 0 heterocycles. The fourth-order valence-corrected chi connectivity index (χ4v) is 2.19. The average molecular weight is 216 g/mol. The second-order valence-electron chi connectivity index (χ2n) is 2.09. The Labute approximate surface area is 80.5 Å². The first-order valence-corrected chi connectivity index (χ1v) is 5.56. The highest BCUT2D eigenvalue weighted by molar-refractivity contribution is 8.17. The first-order chi connectivity index (χ1) is 6.17. The molecule has 1 rings (SSSR count). The van der Waals surface area contributed by atoms with Gasteiger partial charge in [0.15, 0.2) is 0 Å². The molecule has 6 heteroatoms. The van der Waals surface area contributed by atoms with Crippen molar-refractivity contribution in [1.82, 2.24) is 4.13 Å². The fourth-order valence-electron chi connectivity index (χ4n) is 0.720. The summed E-state index contributed by atoms with van der Waals surface area (Å²) < 4.78 is 24.6. The van der Waals surface area contributed by atoms with Crippen LogP contribution in [0.25, 0.3) is 0 Å². The van der Waals surface area contributed by atoms with Crippen molar-refractivity contribution in [2.24, 2.45) is 0 Å². The molecular weight excluding hydrogens is 210 g/mol. The van der Waals surface area contributed by atoms with E-state index in [1.54, 1.807) is 18.2 Å². The zero-order valence-electron chi connectivity index (χ0n) is 6.43. The molecule has 0 aliphatic heterocycles. The van der Waals surface area contributed by atoms with Crippen molar-refractivity contribution in [1.29, 1.82) is 0 Å². The third kappa shape index (κ3) is 2.83. The lowest BCUT2D eigenvalue weighted by atomic mass is 10.4. The van der Waals surface area contributed by atoms with Crippen LogP contribution in [0.3, 0.4) is 0 Å². The summed E-state index contributed by atoms with van der Waals surface area (Å²) in [6.45, 7) is 0. The summed E-state index contributed by atoms with van der Waals surface area (Å²) in [6, 6.07) is 7.78. The summed E-state index contributed by atoms with van der Waals surface area (Å²) in [5.74, 6) is 0. The van der Waals surface area contributed by atoms with E-state index in [4.69, 9.17) is 0 Å². The SMILES string of the molecule is O=[C]SNS(=O)(=O)c1ccccc1. The van der Waals surface area contributed by atoms with Gasteiger partial charge in [0.2, 0.25) is 10.0 Å². The molecule has 69 valence electrons. The van der Waals surface area contributed by atoms with Crippen molar-refractivity contribution >= 4 is 27.6 Å². The molecule has 0 atom stereocenters. The highest BCUT2D eigenvalue weighted by Gasteiger charge is 2.12. The third-order valence-corrected chi connectivity index (χ3v) is 3.43. The third-order valence-electron chi connectivity index (χ3n) is 1.25. The first-order valence-electron chi connectivity index (χ1n) is 3.26. The monoisotopic (exact) mass is 216 g/mol. The summed E-state index contributed by atoms with van der Waals surface area (Å²) in [6.07, 6.45) is 0. The van der Waals surface area contributed by atoms with Crippen LogP contribution in [-0.4, -0.2) is 14.0 Å². The van der Waals surface area contributed by atoms with Crippen LogP contribution in [0.15, 0.2) is 35.2 Å². The Bertz CT molecular complexity index is 374. The van der Waals surface area contributed by atoms with E-state index >= 15 is 0 Å². The minimum atomic E-state index is -3.57. The Kier molecular flexibility index (Phi) is 3.47. The predicted molar refractivity (Wildman–Crippen MR) is 50.0 cm³/mol. The molecule has 0 amide bonds. The molecule has 0 spiro atoms. The van der Waals surface area contributed by atoms with E-state index in [9.17, 15) is 13.2 Å². The Morgan fingerprint density at radius 1 is 1.23 bits per heavy atom. The van der Waals surface area contributed by atoms with Crippen molar-refractivity contribution in [2.75, 3.05) is 0 Å². The maximum atomic E-state index is 11.3. The molecule has 0 saturated carbocycles. The molecule has 0 fully saturated rings. The summed E-state index contributed by atoms with van der Waals surface area (Å²) >= 11 is 0.366. The van der Waals surface area contributed by atoms with E-state index < -0.39 is 10.0 Å². The van der Waals surface area contributed by atoms with Gasteiger partial charge in [0.05, 0.1) is 4.90 Å². The minimum absolute atomic E-state index is 0.123. The number of benzene rings is 1. The van der Waals surface area contributed by atoms with Crippen LogP contribution < -0.4 is 4.13 Å². The molecule has 1 aromatic carbocycles. The molecule has 0 saturated heterocycles. The smallest absolute Gasteiger partial charge is 0.276 e. The van der Waals surface area contributed by atoms with E-state index in [-0.39, 0.29) is 4.90 Å². The average Bonchev–Trinajstić information content (AvgIpc) is 2.16. The normalized spacial score (nSPS) is 11.1. The Morgan fingerprint density at radius 3 is 2.38 bits per heavy atom. The Hall–Kier alpha value is -0.850. The van der Waals surface area contributed by atoms with Crippen molar-refractivity contribution < 1.29 is 13.2 Å². The lowest BCUT2D eigenvalue weighted by Gasteiger charge is -2.00. The Morgan fingerprint density at radius 2 is 1.85 bits per heavy atom. The van der Waals surface area contributed by atoms with Crippen LogP contribution >= 0.6 is 11.9 Å². The highest BCUT2D eigenvalue weighted by atomic mass is 32.3. The molecular formula is C7H6NO3S2. The second kappa shape index (κ2) is 4.40. The lowest BCUT2D eigenvalue weighted by Crippen LogP contribution is -2.16. The molecule has 13 heavy (non-hydrogen) atoms. The summed E-state index contributed by atoms with van der Waals surface area (Å²) in [4.78, 5) is 9.92. The largest absolute Gasteiger partial charge is 0.283 e. The van der Waals surface area contributed by atoms with Crippen LogP contribution in [-0.2, 0) is 14.8 Å². The number of sulfonamides is 1. The molecule has 0 aliphatic rings. The van der Waals surface area contributed by atoms with Crippen molar-refractivity contribution in [3.8, 4) is 0 Å². The number of carbonyl (C=O) groups excluding carboxylic acids is 1. The molecule has 1 aromatic rings. The zero-order chi connectivity index (χ0) is 9.73. The Balaban J connectivity index is 2.88. The minimum Gasteiger partial charge on any atom is -0.276 e. The summed E-state index contributed by atoms with van der Waals surface area (Å²) in [7, 11) is -3.57. The standard InChI is InChI=1S/C7H6NO3S2/c9-6-12-8-13(10,11)7-4-2-1-3-5-7/h1-5,8H. The van der Waals surface area contributed by atoms with Crippen LogP contribution in [0.1, 0.15) is 0 Å². The predicted octanol–water partition coefficient (Wildman–Crippen LogP) is 0.680. The van der Waals surface area contributed by atoms with Crippen molar-refractivity contribution in [2.45, 2.75) is 4.90 Å². The first kappa shape index (κ1) is 10.2. The number of hydrogen-bond donors (Lipinski definition) is 1. The molecule has 1 N–H and O–H groups in total. The van der Waals surface area contributed by atoms with Crippen LogP contribution in [0, 0.1) is 0 Å². The van der Waals surface area contributed by atoms with Crippen LogP contribution in [0.2, 0.25) is 0 Å². The van der Waals surface area contributed by atoms with Gasteiger partial charge < -0.3 is 0 Å². The van der Waals surface area contributed by atoms with E-state index in [1.807, 2.05) is 4.13 Å². The van der Waals surface area contributed by atoms with E-state index in [0.717, 1.165) is 0 Å².